The molecule has 0 aliphatic carbocycles. The van der Waals surface area contributed by atoms with E-state index in [0.29, 0.717) is 11.1 Å². The highest BCUT2D eigenvalue weighted by atomic mass is 16.1. The fourth-order valence-corrected chi connectivity index (χ4v) is 1.67. The lowest BCUT2D eigenvalue weighted by molar-refractivity contribution is 0.102. The molecule has 3 rings (SSSR count). The third-order valence-electron chi connectivity index (χ3n) is 2.45. The van der Waals surface area contributed by atoms with E-state index >= 15 is 0 Å². The molecule has 7 nitrogen and oxygen atoms in total. The number of aromatic amines is 1. The summed E-state index contributed by atoms with van der Waals surface area (Å²) in [4.78, 5) is 16.3. The van der Waals surface area contributed by atoms with Gasteiger partial charge in [0.15, 0.2) is 0 Å². The fourth-order valence-electron chi connectivity index (χ4n) is 1.67. The number of nitrogens with one attached hydrogen (secondary N) is 2. The number of fused-ring (bicyclic) bond motifs is 1. The molecular weight excluding hydrogens is 232 g/mol. The maximum Gasteiger partial charge on any atom is 0.270 e. The number of hydrogen-bond donors (Lipinski definition) is 2. The molecule has 0 atom stereocenters. The highest BCUT2D eigenvalue weighted by molar-refractivity contribution is 6.11. The number of rotatable bonds is 2. The van der Waals surface area contributed by atoms with E-state index in [1.165, 1.54) is 0 Å². The van der Waals surface area contributed by atoms with Crippen molar-refractivity contribution in [1.29, 1.82) is 0 Å². The van der Waals surface area contributed by atoms with E-state index in [1.54, 1.807) is 18.3 Å². The van der Waals surface area contributed by atoms with Crippen LogP contribution < -0.4 is 5.32 Å². The summed E-state index contributed by atoms with van der Waals surface area (Å²) in [6.07, 6.45) is 1.65. The smallest absolute Gasteiger partial charge is 0.270 e. The number of H-pyrrole nitrogens is 1. The topological polar surface area (TPSA) is 96.5 Å². The predicted octanol–water partition coefficient (Wildman–Crippen LogP) is 1.00. The fraction of sp³-hybridized carbons (Fsp3) is 0. The molecule has 0 unspecified atom stereocenters. The number of carbonyl (C=O) groups excluding carboxylic acids is 1. The van der Waals surface area contributed by atoms with Crippen LogP contribution in [0.1, 0.15) is 10.4 Å². The van der Waals surface area contributed by atoms with Gasteiger partial charge in [0.05, 0.1) is 11.1 Å². The number of aromatic nitrogens is 5. The number of hydrogen-bond acceptors (Lipinski definition) is 5. The molecule has 7 heteroatoms. The average Bonchev–Trinajstić information content (AvgIpc) is 2.91. The predicted molar refractivity (Wildman–Crippen MR) is 63.9 cm³/mol. The van der Waals surface area contributed by atoms with Crippen LogP contribution in [0.25, 0.3) is 10.9 Å². The van der Waals surface area contributed by atoms with Crippen LogP contribution in [0.5, 0.6) is 0 Å². The summed E-state index contributed by atoms with van der Waals surface area (Å²) >= 11 is 0. The molecule has 3 aromatic rings. The normalized spacial score (nSPS) is 10.4. The van der Waals surface area contributed by atoms with Crippen LogP contribution in [0, 0.1) is 0 Å². The Morgan fingerprint density at radius 1 is 1.22 bits per heavy atom. The molecule has 0 saturated carbocycles. The van der Waals surface area contributed by atoms with E-state index in [4.69, 9.17) is 0 Å². The van der Waals surface area contributed by atoms with E-state index < -0.39 is 0 Å². The third-order valence-corrected chi connectivity index (χ3v) is 2.45. The van der Waals surface area contributed by atoms with Gasteiger partial charge in [0.2, 0.25) is 0 Å². The Hall–Kier alpha value is -2.83. The van der Waals surface area contributed by atoms with Crippen LogP contribution in [-0.2, 0) is 0 Å². The highest BCUT2D eigenvalue weighted by Crippen LogP contribution is 2.16. The first kappa shape index (κ1) is 10.3. The van der Waals surface area contributed by atoms with Crippen LogP contribution in [0.15, 0.2) is 36.5 Å². The Balaban J connectivity index is 2.01. The zero-order valence-electron chi connectivity index (χ0n) is 9.16. The Morgan fingerprint density at radius 3 is 2.94 bits per heavy atom. The second-order valence-corrected chi connectivity index (χ2v) is 3.57. The summed E-state index contributed by atoms with van der Waals surface area (Å²) < 4.78 is 0. The number of benzene rings is 1. The minimum atomic E-state index is -0.319. The Morgan fingerprint density at radius 2 is 2.11 bits per heavy atom. The van der Waals surface area contributed by atoms with Crippen LogP contribution in [0.4, 0.5) is 5.95 Å². The molecule has 1 aromatic carbocycles. The quantitative estimate of drug-likeness (QED) is 0.696. The number of nitrogens with zero attached hydrogens (tertiary/aromatic N) is 4. The van der Waals surface area contributed by atoms with Crippen LogP contribution in [-0.4, -0.2) is 31.5 Å². The molecule has 18 heavy (non-hydrogen) atoms. The maximum absolute atomic E-state index is 12.1. The largest absolute Gasteiger partial charge is 0.288 e. The van der Waals surface area contributed by atoms with Crippen molar-refractivity contribution in [1.82, 2.24) is 25.6 Å². The Labute approximate surface area is 101 Å². The second kappa shape index (κ2) is 4.21. The van der Waals surface area contributed by atoms with Gasteiger partial charge in [0.25, 0.3) is 11.9 Å². The molecule has 2 aromatic heterocycles. The average molecular weight is 240 g/mol. The van der Waals surface area contributed by atoms with Gasteiger partial charge in [-0.25, -0.2) is 0 Å². The molecular formula is C11H8N6O. The molecule has 0 spiro atoms. The van der Waals surface area contributed by atoms with Gasteiger partial charge < -0.3 is 0 Å². The van der Waals surface area contributed by atoms with E-state index in [1.807, 2.05) is 18.2 Å². The molecule has 0 saturated heterocycles. The molecule has 88 valence electrons. The molecule has 0 aliphatic heterocycles. The van der Waals surface area contributed by atoms with E-state index in [0.717, 1.165) is 5.39 Å². The van der Waals surface area contributed by atoms with Crippen molar-refractivity contribution in [2.75, 3.05) is 5.32 Å². The van der Waals surface area contributed by atoms with Gasteiger partial charge >= 0.3 is 0 Å². The van der Waals surface area contributed by atoms with Crippen LogP contribution >= 0.6 is 0 Å². The van der Waals surface area contributed by atoms with Crippen molar-refractivity contribution in [3.8, 4) is 0 Å². The van der Waals surface area contributed by atoms with Gasteiger partial charge in [0, 0.05) is 11.6 Å². The first-order valence-corrected chi connectivity index (χ1v) is 5.23. The van der Waals surface area contributed by atoms with E-state index in [9.17, 15) is 4.79 Å². The third kappa shape index (κ3) is 1.77. The summed E-state index contributed by atoms with van der Waals surface area (Å²) in [7, 11) is 0. The van der Waals surface area contributed by atoms with Gasteiger partial charge in [-0.2, -0.15) is 5.21 Å². The summed E-state index contributed by atoms with van der Waals surface area (Å²) in [6, 6.07) is 9.12. The summed E-state index contributed by atoms with van der Waals surface area (Å²) in [5.41, 5.74) is 1.11. The van der Waals surface area contributed by atoms with Crippen molar-refractivity contribution >= 4 is 22.8 Å². The first-order valence-electron chi connectivity index (χ1n) is 5.23. The van der Waals surface area contributed by atoms with Crippen LogP contribution in [0.3, 0.4) is 0 Å². The minimum absolute atomic E-state index is 0.132. The highest BCUT2D eigenvalue weighted by Gasteiger charge is 2.12. The SMILES string of the molecule is O=C(Nc1nn[nH]n1)c1cccc2cccnc12. The Bertz CT molecular complexity index is 688. The van der Waals surface area contributed by atoms with Crippen molar-refractivity contribution in [3.63, 3.8) is 0 Å². The van der Waals surface area contributed by atoms with Gasteiger partial charge in [-0.15, -0.1) is 5.10 Å². The number of tetrazole rings is 1. The number of anilines is 1. The second-order valence-electron chi connectivity index (χ2n) is 3.57. The number of carbonyl (C=O) groups is 1. The molecule has 2 N–H and O–H groups in total. The van der Waals surface area contributed by atoms with Crippen LogP contribution in [0.2, 0.25) is 0 Å². The van der Waals surface area contributed by atoms with Gasteiger partial charge in [-0.3, -0.25) is 15.1 Å². The van der Waals surface area contributed by atoms with Crippen molar-refractivity contribution in [2.45, 2.75) is 0 Å². The number of para-hydroxylation sites is 1. The standard InChI is InChI=1S/C11H8N6O/c18-10(13-11-14-16-17-15-11)8-5-1-3-7-4-2-6-12-9(7)8/h1-6H,(H2,13,14,15,16,17,18). The summed E-state index contributed by atoms with van der Waals surface area (Å²) in [5, 5.41) is 16.4. The molecule has 0 radical (unpaired) electrons. The van der Waals surface area contributed by atoms with Gasteiger partial charge in [0.1, 0.15) is 0 Å². The molecule has 1 amide bonds. The van der Waals surface area contributed by atoms with E-state index in [2.05, 4.69) is 30.9 Å². The van der Waals surface area contributed by atoms with E-state index in [-0.39, 0.29) is 11.9 Å². The van der Waals surface area contributed by atoms with Crippen molar-refractivity contribution in [3.05, 3.63) is 42.1 Å². The molecule has 0 aliphatic rings. The molecule has 2 heterocycles. The lowest BCUT2D eigenvalue weighted by Gasteiger charge is -2.04. The summed E-state index contributed by atoms with van der Waals surface area (Å²) in [6.45, 7) is 0. The number of amides is 1. The molecule has 0 fully saturated rings. The lowest BCUT2D eigenvalue weighted by Crippen LogP contribution is -2.13. The number of pyridine rings is 1. The van der Waals surface area contributed by atoms with Gasteiger partial charge in [-0.1, -0.05) is 23.3 Å². The maximum atomic E-state index is 12.1. The zero-order chi connectivity index (χ0) is 12.4. The molecule has 0 bridgehead atoms. The van der Waals surface area contributed by atoms with Crippen molar-refractivity contribution in [2.24, 2.45) is 0 Å². The Kier molecular flexibility index (Phi) is 2.41. The minimum Gasteiger partial charge on any atom is -0.288 e. The first-order chi connectivity index (χ1) is 8.84. The van der Waals surface area contributed by atoms with Crippen molar-refractivity contribution < 1.29 is 4.79 Å². The van der Waals surface area contributed by atoms with Gasteiger partial charge in [-0.05, 0) is 17.3 Å². The zero-order valence-corrected chi connectivity index (χ0v) is 9.16. The lowest BCUT2D eigenvalue weighted by atomic mass is 10.1. The summed E-state index contributed by atoms with van der Waals surface area (Å²) in [5.74, 6) is -0.186. The monoisotopic (exact) mass is 240 g/mol.